The van der Waals surface area contributed by atoms with Crippen molar-refractivity contribution in [1.29, 1.82) is 0 Å². The van der Waals surface area contributed by atoms with Crippen molar-refractivity contribution in [1.82, 2.24) is 0 Å². The molecule has 1 atom stereocenters. The molecule has 0 rings (SSSR count). The maximum absolute atomic E-state index is 3.94. The molecule has 0 bridgehead atoms. The van der Waals surface area contributed by atoms with Gasteiger partial charge in [-0.25, -0.2) is 0 Å². The number of hydrogen-bond donors (Lipinski definition) is 0. The molecule has 15 heavy (non-hydrogen) atoms. The lowest BCUT2D eigenvalue weighted by atomic mass is 9.99. The summed E-state index contributed by atoms with van der Waals surface area (Å²) in [6.07, 6.45) is 14.9. The maximum Gasteiger partial charge on any atom is -0.0443 e. The van der Waals surface area contributed by atoms with Crippen LogP contribution in [0.25, 0.3) is 0 Å². The minimum Gasteiger partial charge on any atom is -0.0625 e. The van der Waals surface area contributed by atoms with E-state index in [1.165, 1.54) is 57.8 Å². The fourth-order valence-electron chi connectivity index (χ4n) is 1.87. The van der Waals surface area contributed by atoms with Crippen LogP contribution in [-0.2, 0) is 0 Å². The summed E-state index contributed by atoms with van der Waals surface area (Å²) >= 11 is 0. The van der Waals surface area contributed by atoms with Gasteiger partial charge in [0.15, 0.2) is 0 Å². The van der Waals surface area contributed by atoms with E-state index in [0.717, 1.165) is 18.8 Å². The second-order valence-corrected chi connectivity index (χ2v) is 4.86. The highest BCUT2D eigenvalue weighted by Gasteiger charge is 1.97. The largest absolute Gasteiger partial charge is 0.0625 e. The Morgan fingerprint density at radius 1 is 0.733 bits per heavy atom. The van der Waals surface area contributed by atoms with Gasteiger partial charge in [0.2, 0.25) is 0 Å². The van der Waals surface area contributed by atoms with Crippen molar-refractivity contribution in [2.24, 2.45) is 5.92 Å². The molecule has 0 fully saturated rings. The zero-order valence-electron chi connectivity index (χ0n) is 10.8. The average molecular weight is 210 g/mol. The summed E-state index contributed by atoms with van der Waals surface area (Å²) < 4.78 is 0. The van der Waals surface area contributed by atoms with E-state index in [0.29, 0.717) is 0 Å². The van der Waals surface area contributed by atoms with Crippen LogP contribution in [0.4, 0.5) is 0 Å². The molecule has 0 aromatic rings. The highest BCUT2D eigenvalue weighted by molar-refractivity contribution is 4.55. The van der Waals surface area contributed by atoms with E-state index in [2.05, 4.69) is 20.8 Å². The normalized spacial score (nSPS) is 13.0. The van der Waals surface area contributed by atoms with Gasteiger partial charge in [-0.15, -0.1) is 0 Å². The van der Waals surface area contributed by atoms with Crippen molar-refractivity contribution in [3.63, 3.8) is 0 Å². The van der Waals surface area contributed by atoms with Crippen molar-refractivity contribution in [3.8, 4) is 0 Å². The predicted octanol–water partition coefficient (Wildman–Crippen LogP) is 5.58. The van der Waals surface area contributed by atoms with Gasteiger partial charge in [0.1, 0.15) is 0 Å². The molecule has 0 aliphatic rings. The molecule has 0 saturated heterocycles. The second-order valence-electron chi connectivity index (χ2n) is 4.86. The number of rotatable bonds is 11. The first-order chi connectivity index (χ1) is 7.31. The van der Waals surface area contributed by atoms with Crippen LogP contribution in [0.15, 0.2) is 0 Å². The fourth-order valence-corrected chi connectivity index (χ4v) is 1.87. The first-order valence-corrected chi connectivity index (χ1v) is 6.89. The summed E-state index contributed by atoms with van der Waals surface area (Å²) in [5.74, 6) is 0.835. The summed E-state index contributed by atoms with van der Waals surface area (Å²) in [7, 11) is 0. The van der Waals surface area contributed by atoms with Crippen molar-refractivity contribution >= 4 is 0 Å². The van der Waals surface area contributed by atoms with Gasteiger partial charge in [0, 0.05) is 0 Å². The van der Waals surface area contributed by atoms with Crippen LogP contribution in [0.3, 0.4) is 0 Å². The third-order valence-electron chi connectivity index (χ3n) is 3.19. The summed E-state index contributed by atoms with van der Waals surface area (Å²) in [5.41, 5.74) is 0. The van der Waals surface area contributed by atoms with Crippen LogP contribution in [0, 0.1) is 19.8 Å². The van der Waals surface area contributed by atoms with E-state index in [1.54, 1.807) is 0 Å². The average Bonchev–Trinajstić information content (AvgIpc) is 2.26. The summed E-state index contributed by atoms with van der Waals surface area (Å²) in [4.78, 5) is 0. The monoisotopic (exact) mass is 210 g/mol. The molecule has 0 N–H and O–H groups in total. The highest BCUT2D eigenvalue weighted by atomic mass is 14.0. The topological polar surface area (TPSA) is 0 Å². The molecule has 0 spiro atoms. The van der Waals surface area contributed by atoms with E-state index in [4.69, 9.17) is 0 Å². The van der Waals surface area contributed by atoms with Crippen molar-refractivity contribution < 1.29 is 0 Å². The molecule has 0 nitrogen and oxygen atoms in total. The van der Waals surface area contributed by atoms with E-state index < -0.39 is 0 Å². The Hall–Kier alpha value is 0. The van der Waals surface area contributed by atoms with Crippen LogP contribution < -0.4 is 0 Å². The first-order valence-electron chi connectivity index (χ1n) is 6.89. The maximum atomic E-state index is 3.94. The lowest BCUT2D eigenvalue weighted by Crippen LogP contribution is -1.91. The third kappa shape index (κ3) is 11.9. The Bertz CT molecular complexity index is 107. The Labute approximate surface area is 97.8 Å². The minimum absolute atomic E-state index is 0.835. The van der Waals surface area contributed by atoms with Gasteiger partial charge in [-0.05, 0) is 5.92 Å². The number of unbranched alkanes of at least 4 members (excludes halogenated alkanes) is 8. The zero-order chi connectivity index (χ0) is 11.4. The molecule has 0 heterocycles. The van der Waals surface area contributed by atoms with Crippen molar-refractivity contribution in [3.05, 3.63) is 13.8 Å². The van der Waals surface area contributed by atoms with E-state index in [1.807, 2.05) is 0 Å². The van der Waals surface area contributed by atoms with Crippen LogP contribution in [0.1, 0.15) is 77.6 Å². The van der Waals surface area contributed by atoms with Crippen molar-refractivity contribution in [2.45, 2.75) is 77.6 Å². The Kier molecular flexibility index (Phi) is 12.1. The molecule has 0 aliphatic carbocycles. The second kappa shape index (κ2) is 12.1. The number of hydrogen-bond acceptors (Lipinski definition) is 0. The Balaban J connectivity index is 2.92. The van der Waals surface area contributed by atoms with Gasteiger partial charge in [-0.3, -0.25) is 0 Å². The fraction of sp³-hybridized carbons (Fsp3) is 0.867. The Morgan fingerprint density at radius 3 is 1.67 bits per heavy atom. The van der Waals surface area contributed by atoms with Gasteiger partial charge < -0.3 is 0 Å². The van der Waals surface area contributed by atoms with Crippen LogP contribution in [-0.4, -0.2) is 0 Å². The summed E-state index contributed by atoms with van der Waals surface area (Å²) in [5, 5.41) is 0. The predicted molar refractivity (Wildman–Crippen MR) is 70.7 cm³/mol. The van der Waals surface area contributed by atoms with Gasteiger partial charge in [-0.1, -0.05) is 91.4 Å². The molecular weight excluding hydrogens is 180 g/mol. The molecule has 0 aromatic carbocycles. The molecule has 2 radical (unpaired) electrons. The van der Waals surface area contributed by atoms with Crippen LogP contribution in [0.5, 0.6) is 0 Å². The first kappa shape index (κ1) is 15.0. The summed E-state index contributed by atoms with van der Waals surface area (Å²) in [6.45, 7) is 10.1. The quantitative estimate of drug-likeness (QED) is 0.390. The lowest BCUT2D eigenvalue weighted by molar-refractivity contribution is 0.483. The smallest absolute Gasteiger partial charge is 0.0443 e. The molecular formula is C15H30. The molecule has 0 saturated carbocycles. The standard InChI is InChI=1S/C15H30/c1-4-6-7-8-9-10-11-12-13-14-15(3)5-2/h15H,1-2,4-14H2,3H3. The molecule has 0 aromatic heterocycles. The zero-order valence-corrected chi connectivity index (χ0v) is 10.8. The van der Waals surface area contributed by atoms with Gasteiger partial charge in [-0.2, -0.15) is 0 Å². The van der Waals surface area contributed by atoms with E-state index >= 15 is 0 Å². The molecule has 0 aliphatic heterocycles. The van der Waals surface area contributed by atoms with Crippen molar-refractivity contribution in [2.75, 3.05) is 0 Å². The highest BCUT2D eigenvalue weighted by Crippen LogP contribution is 2.14. The Morgan fingerprint density at radius 2 is 1.20 bits per heavy atom. The van der Waals surface area contributed by atoms with Crippen LogP contribution >= 0.6 is 0 Å². The van der Waals surface area contributed by atoms with Crippen LogP contribution in [0.2, 0.25) is 0 Å². The summed E-state index contributed by atoms with van der Waals surface area (Å²) in [6, 6.07) is 0. The molecule has 0 amide bonds. The SMILES string of the molecule is [CH2]CCCCCCCCCCC(C)C[CH2]. The third-order valence-corrected chi connectivity index (χ3v) is 3.19. The van der Waals surface area contributed by atoms with E-state index in [-0.39, 0.29) is 0 Å². The lowest BCUT2D eigenvalue weighted by Gasteiger charge is -2.07. The van der Waals surface area contributed by atoms with Gasteiger partial charge in [0.05, 0.1) is 0 Å². The minimum atomic E-state index is 0.835. The molecule has 0 heteroatoms. The van der Waals surface area contributed by atoms with Gasteiger partial charge in [0.25, 0.3) is 0 Å². The molecule has 90 valence electrons. The molecule has 1 unspecified atom stereocenters. The van der Waals surface area contributed by atoms with E-state index in [9.17, 15) is 0 Å². The van der Waals surface area contributed by atoms with Gasteiger partial charge >= 0.3 is 0 Å².